The van der Waals surface area contributed by atoms with E-state index in [2.05, 4.69) is 13.8 Å². The Morgan fingerprint density at radius 1 is 1.03 bits per heavy atom. The second kappa shape index (κ2) is 8.11. The second-order valence-corrected chi connectivity index (χ2v) is 10.8. The van der Waals surface area contributed by atoms with Gasteiger partial charge >= 0.3 is 11.9 Å². The van der Waals surface area contributed by atoms with Crippen molar-refractivity contribution in [3.63, 3.8) is 0 Å². The molecule has 0 radical (unpaired) electrons. The van der Waals surface area contributed by atoms with Gasteiger partial charge in [-0.3, -0.25) is 19.2 Å². The maximum atomic E-state index is 13.5. The molecule has 4 aliphatic rings. The number of allylic oxidation sites excluding steroid dienone is 1. The lowest BCUT2D eigenvalue weighted by Gasteiger charge is -2.59. The summed E-state index contributed by atoms with van der Waals surface area (Å²) in [5, 5.41) is 0. The van der Waals surface area contributed by atoms with Gasteiger partial charge in [0, 0.05) is 25.2 Å². The number of fused-ring (bicyclic) bond motifs is 5. The molecule has 0 aliphatic heterocycles. The van der Waals surface area contributed by atoms with Crippen LogP contribution in [-0.2, 0) is 28.7 Å². The number of rotatable bonds is 5. The third kappa shape index (κ3) is 3.36. The van der Waals surface area contributed by atoms with Gasteiger partial charge in [0.25, 0.3) is 0 Å². The highest BCUT2D eigenvalue weighted by molar-refractivity contribution is 5.93. The fourth-order valence-corrected chi connectivity index (χ4v) is 7.79. The number of carbonyl (C=O) groups excluding carboxylic acids is 4. The molecule has 32 heavy (non-hydrogen) atoms. The van der Waals surface area contributed by atoms with Crippen molar-refractivity contribution in [2.75, 3.05) is 6.61 Å². The number of Topliss-reactive ketones (excluding diaryl/α,β-unsaturated/α-hetero) is 1. The molecule has 0 aromatic rings. The Bertz CT molecular complexity index is 874. The van der Waals surface area contributed by atoms with Gasteiger partial charge in [-0.1, -0.05) is 26.3 Å². The molecule has 4 rings (SSSR count). The second-order valence-electron chi connectivity index (χ2n) is 10.8. The normalized spacial score (nSPS) is 40.4. The van der Waals surface area contributed by atoms with E-state index in [1.54, 1.807) is 6.92 Å². The van der Waals surface area contributed by atoms with E-state index >= 15 is 0 Å². The number of ether oxygens (including phenoxy) is 2. The predicted octanol–water partition coefficient (Wildman–Crippen LogP) is 4.34. The van der Waals surface area contributed by atoms with Gasteiger partial charge in [0.1, 0.15) is 0 Å². The van der Waals surface area contributed by atoms with Gasteiger partial charge in [-0.05, 0) is 74.2 Å². The van der Waals surface area contributed by atoms with Gasteiger partial charge < -0.3 is 9.47 Å². The molecule has 3 saturated carbocycles. The van der Waals surface area contributed by atoms with Crippen LogP contribution < -0.4 is 0 Å². The molecule has 3 fully saturated rings. The van der Waals surface area contributed by atoms with Gasteiger partial charge in [-0.15, -0.1) is 0 Å². The molecular weight excluding hydrogens is 408 g/mol. The zero-order valence-electron chi connectivity index (χ0n) is 19.8. The highest BCUT2D eigenvalue weighted by Gasteiger charge is 2.68. The van der Waals surface area contributed by atoms with E-state index in [9.17, 15) is 19.2 Å². The number of ketones is 2. The number of hydrogen-bond acceptors (Lipinski definition) is 6. The highest BCUT2D eigenvalue weighted by Crippen LogP contribution is 2.68. The lowest BCUT2D eigenvalue weighted by atomic mass is 9.46. The van der Waals surface area contributed by atoms with Crippen LogP contribution in [0.3, 0.4) is 0 Å². The molecule has 176 valence electrons. The molecule has 0 aromatic heterocycles. The Morgan fingerprint density at radius 3 is 2.44 bits per heavy atom. The van der Waals surface area contributed by atoms with E-state index < -0.39 is 17.0 Å². The summed E-state index contributed by atoms with van der Waals surface area (Å²) in [4.78, 5) is 49.4. The van der Waals surface area contributed by atoms with E-state index in [-0.39, 0.29) is 41.9 Å². The first-order valence-electron chi connectivity index (χ1n) is 12.2. The Balaban J connectivity index is 1.67. The predicted molar refractivity (Wildman–Crippen MR) is 117 cm³/mol. The van der Waals surface area contributed by atoms with Crippen LogP contribution in [0.4, 0.5) is 0 Å². The molecule has 6 heteroatoms. The SMILES string of the molecule is CCC(=O)O[C@]1(C(=O)COC(C)=O)CC[C@H]2C3CCC4=CC(=O)CCC4(C)[C@H]3CCC21C. The van der Waals surface area contributed by atoms with Gasteiger partial charge in [0.05, 0.1) is 0 Å². The first-order valence-corrected chi connectivity index (χ1v) is 12.2. The molecule has 0 aromatic carbocycles. The van der Waals surface area contributed by atoms with E-state index in [1.807, 2.05) is 6.08 Å². The standard InChI is InChI=1S/C26H36O6/c1-5-23(30)32-26(22(29)15-31-16(2)27)13-10-21-19-7-6-17-14-18(28)8-11-24(17,3)20(19)9-12-25(21,26)4/h14,19-21H,5-13,15H2,1-4H3/t19?,20-,21-,24?,25?,26-/m0/s1. The van der Waals surface area contributed by atoms with Gasteiger partial charge in [0.15, 0.2) is 18.0 Å². The third-order valence-electron chi connectivity index (χ3n) is 9.52. The van der Waals surface area contributed by atoms with Crippen LogP contribution >= 0.6 is 0 Å². The molecule has 0 saturated heterocycles. The topological polar surface area (TPSA) is 86.7 Å². The van der Waals surface area contributed by atoms with Crippen LogP contribution in [0.15, 0.2) is 11.6 Å². The Hall–Kier alpha value is -1.98. The smallest absolute Gasteiger partial charge is 0.306 e. The summed E-state index contributed by atoms with van der Waals surface area (Å²) in [6.07, 6.45) is 8.62. The quantitative estimate of drug-likeness (QED) is 0.586. The Kier molecular flexibility index (Phi) is 5.87. The third-order valence-corrected chi connectivity index (χ3v) is 9.52. The number of hydrogen-bond donors (Lipinski definition) is 0. The number of carbonyl (C=O) groups is 4. The molecule has 0 N–H and O–H groups in total. The largest absolute Gasteiger partial charge is 0.458 e. The minimum atomic E-state index is -1.23. The molecular formula is C26H36O6. The van der Waals surface area contributed by atoms with E-state index in [4.69, 9.17) is 9.47 Å². The van der Waals surface area contributed by atoms with Crippen molar-refractivity contribution < 1.29 is 28.7 Å². The summed E-state index contributed by atoms with van der Waals surface area (Å²) >= 11 is 0. The lowest BCUT2D eigenvalue weighted by molar-refractivity contribution is -0.192. The van der Waals surface area contributed by atoms with Gasteiger partial charge in [-0.25, -0.2) is 0 Å². The summed E-state index contributed by atoms with van der Waals surface area (Å²) in [6, 6.07) is 0. The fraction of sp³-hybridized carbons (Fsp3) is 0.769. The fourth-order valence-electron chi connectivity index (χ4n) is 7.79. The van der Waals surface area contributed by atoms with Crippen molar-refractivity contribution in [2.24, 2.45) is 28.6 Å². The van der Waals surface area contributed by atoms with E-state index in [0.717, 1.165) is 38.5 Å². The first-order chi connectivity index (χ1) is 15.1. The molecule has 0 spiro atoms. The summed E-state index contributed by atoms with van der Waals surface area (Å²) < 4.78 is 11.1. The van der Waals surface area contributed by atoms with E-state index in [0.29, 0.717) is 24.7 Å². The van der Waals surface area contributed by atoms with Crippen molar-refractivity contribution in [1.29, 1.82) is 0 Å². The van der Waals surface area contributed by atoms with Gasteiger partial charge in [-0.2, -0.15) is 0 Å². The highest BCUT2D eigenvalue weighted by atomic mass is 16.6. The van der Waals surface area contributed by atoms with Crippen LogP contribution in [0.5, 0.6) is 0 Å². The zero-order chi connectivity index (χ0) is 23.3. The Labute approximate surface area is 190 Å². The van der Waals surface area contributed by atoms with Crippen molar-refractivity contribution in [3.05, 3.63) is 11.6 Å². The van der Waals surface area contributed by atoms with Crippen LogP contribution in [0.2, 0.25) is 0 Å². The molecule has 3 unspecified atom stereocenters. The van der Waals surface area contributed by atoms with Crippen molar-refractivity contribution in [3.8, 4) is 0 Å². The monoisotopic (exact) mass is 444 g/mol. The first kappa shape index (κ1) is 23.2. The summed E-state index contributed by atoms with van der Waals surface area (Å²) in [6.45, 7) is 7.11. The van der Waals surface area contributed by atoms with Crippen molar-refractivity contribution >= 4 is 23.5 Å². The van der Waals surface area contributed by atoms with E-state index in [1.165, 1.54) is 12.5 Å². The summed E-state index contributed by atoms with van der Waals surface area (Å²) in [5.74, 6) is 0.260. The minimum Gasteiger partial charge on any atom is -0.458 e. The van der Waals surface area contributed by atoms with Crippen LogP contribution in [0.25, 0.3) is 0 Å². The van der Waals surface area contributed by atoms with Crippen LogP contribution in [0, 0.1) is 28.6 Å². The average Bonchev–Trinajstić information content (AvgIpc) is 3.05. The molecule has 0 bridgehead atoms. The van der Waals surface area contributed by atoms with Gasteiger partial charge in [0.2, 0.25) is 5.78 Å². The maximum Gasteiger partial charge on any atom is 0.306 e. The molecule has 6 nitrogen and oxygen atoms in total. The molecule has 0 amide bonds. The van der Waals surface area contributed by atoms with Crippen molar-refractivity contribution in [1.82, 2.24) is 0 Å². The molecule has 0 heterocycles. The summed E-state index contributed by atoms with van der Waals surface area (Å²) in [5.41, 5.74) is -0.347. The average molecular weight is 445 g/mol. The minimum absolute atomic E-state index is 0.0469. The zero-order valence-corrected chi connectivity index (χ0v) is 19.8. The Morgan fingerprint density at radius 2 is 1.75 bits per heavy atom. The molecule has 6 atom stereocenters. The number of esters is 2. The maximum absolute atomic E-state index is 13.5. The van der Waals surface area contributed by atoms with Crippen LogP contribution in [-0.4, -0.2) is 35.7 Å². The molecule has 4 aliphatic carbocycles. The van der Waals surface area contributed by atoms with Crippen molar-refractivity contribution in [2.45, 2.75) is 91.1 Å². The summed E-state index contributed by atoms with van der Waals surface area (Å²) in [7, 11) is 0. The van der Waals surface area contributed by atoms with Crippen LogP contribution in [0.1, 0.15) is 85.5 Å². The lowest BCUT2D eigenvalue weighted by Crippen LogP contribution is -2.60.